The number of halogens is 1. The summed E-state index contributed by atoms with van der Waals surface area (Å²) in [5, 5.41) is 9.72. The Morgan fingerprint density at radius 3 is 2.51 bits per heavy atom. The minimum absolute atomic E-state index is 0.125. The molecular weight excluding hydrogens is 520 g/mol. The summed E-state index contributed by atoms with van der Waals surface area (Å²) in [6.45, 7) is 3.02. The van der Waals surface area contributed by atoms with E-state index in [1.165, 1.54) is 0 Å². The van der Waals surface area contributed by atoms with Gasteiger partial charge in [0.1, 0.15) is 23.2 Å². The molecule has 5 rings (SSSR count). The van der Waals surface area contributed by atoms with Crippen molar-refractivity contribution in [3.05, 3.63) is 53.6 Å². The van der Waals surface area contributed by atoms with Crippen LogP contribution in [0.3, 0.4) is 0 Å². The van der Waals surface area contributed by atoms with E-state index in [4.69, 9.17) is 26.2 Å². The first-order valence-corrected chi connectivity index (χ1v) is 14.5. The second-order valence-corrected chi connectivity index (χ2v) is 11.3. The molecule has 1 aromatic rings. The highest BCUT2D eigenvalue weighted by atomic mass is 35.5. The zero-order valence-electron chi connectivity index (χ0n) is 22.4. The molecule has 39 heavy (non-hydrogen) atoms. The number of hydrogen-bond donors (Lipinski definition) is 1. The molecule has 4 aliphatic rings. The summed E-state index contributed by atoms with van der Waals surface area (Å²) in [5.41, 5.74) is -1.67. The van der Waals surface area contributed by atoms with Crippen LogP contribution in [-0.2, 0) is 23.9 Å². The van der Waals surface area contributed by atoms with Crippen molar-refractivity contribution in [1.29, 1.82) is 0 Å². The number of amides is 2. The molecule has 4 heterocycles. The first-order chi connectivity index (χ1) is 18.9. The van der Waals surface area contributed by atoms with Gasteiger partial charge in [0.25, 0.3) is 5.91 Å². The highest BCUT2D eigenvalue weighted by Crippen LogP contribution is 2.58. The molecule has 5 atom stereocenters. The van der Waals surface area contributed by atoms with Crippen molar-refractivity contribution in [2.75, 3.05) is 31.2 Å². The molecule has 0 saturated carbocycles. The van der Waals surface area contributed by atoms with Gasteiger partial charge < -0.3 is 24.4 Å². The summed E-state index contributed by atoms with van der Waals surface area (Å²) >= 11 is 6.11. The highest BCUT2D eigenvalue weighted by Gasteiger charge is 2.75. The number of carbonyl (C=O) groups is 3. The first-order valence-electron chi connectivity index (χ1n) is 14.1. The van der Waals surface area contributed by atoms with Crippen LogP contribution >= 0.6 is 11.6 Å². The van der Waals surface area contributed by atoms with Crippen LogP contribution < -0.4 is 4.90 Å². The number of anilines is 1. The van der Waals surface area contributed by atoms with Gasteiger partial charge in [-0.15, -0.1) is 0 Å². The molecule has 210 valence electrons. The Morgan fingerprint density at radius 2 is 1.77 bits per heavy atom. The number of benzene rings is 1. The van der Waals surface area contributed by atoms with Crippen molar-refractivity contribution in [2.45, 2.75) is 69.1 Å². The second-order valence-electron chi connectivity index (χ2n) is 10.8. The Hall–Kier alpha value is -2.68. The van der Waals surface area contributed by atoms with Crippen LogP contribution in [0.2, 0.25) is 5.02 Å². The molecule has 1 unspecified atom stereocenters. The Kier molecular flexibility index (Phi) is 8.17. The fraction of sp³-hybridized carbons (Fsp3) is 0.567. The summed E-state index contributed by atoms with van der Waals surface area (Å²) in [6.07, 6.45) is 12.6. The van der Waals surface area contributed by atoms with Crippen LogP contribution in [-0.4, -0.2) is 71.3 Å². The summed E-state index contributed by atoms with van der Waals surface area (Å²) in [6, 6.07) is 6.13. The van der Waals surface area contributed by atoms with Gasteiger partial charge in [-0.3, -0.25) is 14.4 Å². The van der Waals surface area contributed by atoms with Crippen molar-refractivity contribution < 1.29 is 29.0 Å². The number of rotatable bonds is 8. The Morgan fingerprint density at radius 1 is 1.00 bits per heavy atom. The predicted molar refractivity (Wildman–Crippen MR) is 147 cm³/mol. The van der Waals surface area contributed by atoms with Gasteiger partial charge in [-0.05, 0) is 56.4 Å². The number of aliphatic hydroxyl groups is 1. The molecule has 0 aromatic heterocycles. The van der Waals surface area contributed by atoms with Gasteiger partial charge in [0, 0.05) is 30.4 Å². The third-order valence-corrected chi connectivity index (χ3v) is 8.83. The smallest absolute Gasteiger partial charge is 0.313 e. The van der Waals surface area contributed by atoms with Gasteiger partial charge in [0.2, 0.25) is 5.91 Å². The van der Waals surface area contributed by atoms with Gasteiger partial charge >= 0.3 is 5.97 Å². The van der Waals surface area contributed by atoms with Crippen LogP contribution in [0.5, 0.6) is 0 Å². The Labute approximate surface area is 234 Å². The second kappa shape index (κ2) is 11.4. The fourth-order valence-corrected chi connectivity index (χ4v) is 6.84. The van der Waals surface area contributed by atoms with E-state index in [0.29, 0.717) is 49.5 Å². The number of cyclic esters (lactones) is 1. The summed E-state index contributed by atoms with van der Waals surface area (Å²) in [7, 11) is 0. The summed E-state index contributed by atoms with van der Waals surface area (Å²) in [5.74, 6) is -2.67. The number of unbranched alkanes of at least 4 members (excludes halogenated alkanes) is 3. The molecule has 2 fully saturated rings. The average molecular weight is 557 g/mol. The van der Waals surface area contributed by atoms with E-state index in [0.717, 1.165) is 19.3 Å². The molecule has 0 radical (unpaired) electrons. The third kappa shape index (κ3) is 4.81. The van der Waals surface area contributed by atoms with Crippen LogP contribution in [0.25, 0.3) is 0 Å². The predicted octanol–water partition coefficient (Wildman–Crippen LogP) is 4.05. The lowest BCUT2D eigenvalue weighted by molar-refractivity contribution is -0.159. The van der Waals surface area contributed by atoms with E-state index < -0.39 is 35.0 Å². The van der Waals surface area contributed by atoms with E-state index in [9.17, 15) is 14.4 Å². The van der Waals surface area contributed by atoms with Gasteiger partial charge in [-0.25, -0.2) is 0 Å². The number of hydrogen-bond acceptors (Lipinski definition) is 6. The number of ether oxygens (including phenoxy) is 2. The number of aliphatic hydroxyl groups excluding tert-OH is 1. The molecule has 8 nitrogen and oxygen atoms in total. The topological polar surface area (TPSA) is 96.4 Å². The lowest BCUT2D eigenvalue weighted by Crippen LogP contribution is -2.56. The van der Waals surface area contributed by atoms with E-state index in [1.807, 2.05) is 31.2 Å². The molecule has 4 aliphatic heterocycles. The van der Waals surface area contributed by atoms with Crippen LogP contribution in [0, 0.1) is 11.8 Å². The zero-order chi connectivity index (χ0) is 27.6. The lowest BCUT2D eigenvalue weighted by Gasteiger charge is -2.38. The molecule has 0 bridgehead atoms. The standard InChI is InChI=1S/C30H37ClN2O6/c1-2-29-15-6-5-9-20-38-28(37)24(29)23-26(35)33(17-7-3-4-8-19-34)25-27(36)32(18-10-16-30(23,25)39-29)22-13-11-21(31)12-14-22/h6,10-16,23-25,34H,2-5,7-9,17-20H2,1H3/b15-6-/t23-,24+,25?,29-,30-/m0/s1. The molecule has 1 N–H and O–H groups in total. The fourth-order valence-electron chi connectivity index (χ4n) is 6.71. The van der Waals surface area contributed by atoms with Gasteiger partial charge in [-0.2, -0.15) is 0 Å². The van der Waals surface area contributed by atoms with Crippen molar-refractivity contribution in [3.8, 4) is 0 Å². The van der Waals surface area contributed by atoms with E-state index >= 15 is 0 Å². The average Bonchev–Trinajstić information content (AvgIpc) is 3.30. The monoisotopic (exact) mass is 556 g/mol. The van der Waals surface area contributed by atoms with Crippen molar-refractivity contribution in [2.24, 2.45) is 11.8 Å². The van der Waals surface area contributed by atoms with Crippen LogP contribution in [0.1, 0.15) is 51.9 Å². The Balaban J connectivity index is 1.58. The Bertz CT molecular complexity index is 1150. The van der Waals surface area contributed by atoms with Crippen molar-refractivity contribution in [3.63, 3.8) is 0 Å². The lowest BCUT2D eigenvalue weighted by atomic mass is 9.73. The maximum Gasteiger partial charge on any atom is 0.313 e. The number of likely N-dealkylation sites (tertiary alicyclic amines) is 1. The number of esters is 1. The highest BCUT2D eigenvalue weighted by molar-refractivity contribution is 6.30. The molecule has 9 heteroatoms. The SMILES string of the molecule is CC[C@]12/C=C\CCCOC(=O)[C@H]1[C@H]1C(=O)N(CCCCCCO)C3C(=O)N(c4ccc(Cl)cc4)CC=C[C@@]31O2. The van der Waals surface area contributed by atoms with Gasteiger partial charge in [0.05, 0.1) is 12.5 Å². The molecule has 2 saturated heterocycles. The van der Waals surface area contributed by atoms with Crippen LogP contribution in [0.4, 0.5) is 5.69 Å². The van der Waals surface area contributed by atoms with Gasteiger partial charge in [-0.1, -0.05) is 55.7 Å². The van der Waals surface area contributed by atoms with E-state index in [1.54, 1.807) is 34.1 Å². The van der Waals surface area contributed by atoms with Gasteiger partial charge in [0.15, 0.2) is 0 Å². The largest absolute Gasteiger partial charge is 0.465 e. The van der Waals surface area contributed by atoms with Crippen molar-refractivity contribution in [1.82, 2.24) is 4.90 Å². The maximum atomic E-state index is 14.4. The quantitative estimate of drug-likeness (QED) is 0.295. The number of fused-ring (bicyclic) bond motifs is 2. The minimum Gasteiger partial charge on any atom is -0.465 e. The first kappa shape index (κ1) is 27.9. The minimum atomic E-state index is -1.30. The maximum absolute atomic E-state index is 14.4. The number of carbonyl (C=O) groups excluding carboxylic acids is 3. The van der Waals surface area contributed by atoms with E-state index in [2.05, 4.69) is 0 Å². The molecular formula is C30H37ClN2O6. The molecule has 1 aromatic carbocycles. The summed E-state index contributed by atoms with van der Waals surface area (Å²) < 4.78 is 12.6. The molecule has 1 spiro atoms. The molecule has 0 aliphatic carbocycles. The zero-order valence-corrected chi connectivity index (χ0v) is 23.1. The molecule has 2 amide bonds. The number of allylic oxidation sites excluding steroid dienone is 1. The van der Waals surface area contributed by atoms with Crippen molar-refractivity contribution >= 4 is 35.1 Å². The number of nitrogens with zero attached hydrogens (tertiary/aromatic N) is 2. The normalized spacial score (nSPS) is 33.0. The van der Waals surface area contributed by atoms with Crippen LogP contribution in [0.15, 0.2) is 48.6 Å². The van der Waals surface area contributed by atoms with E-state index in [-0.39, 0.29) is 25.0 Å². The summed E-state index contributed by atoms with van der Waals surface area (Å²) in [4.78, 5) is 45.6. The third-order valence-electron chi connectivity index (χ3n) is 8.58.